The van der Waals surface area contributed by atoms with Gasteiger partial charge in [0.2, 0.25) is 0 Å². The second kappa shape index (κ2) is 6.34. The van der Waals surface area contributed by atoms with Crippen LogP contribution < -0.4 is 0 Å². The standard InChI is InChI=1S/C10H13IO3/c11-9-3-1-8(2-4-9)6-14-7-10(13)5-12/h1-4,10,12-13H,5-7H2. The summed E-state index contributed by atoms with van der Waals surface area (Å²) < 4.78 is 6.38. The Morgan fingerprint density at radius 2 is 1.93 bits per heavy atom. The van der Waals surface area contributed by atoms with Crippen molar-refractivity contribution in [1.82, 2.24) is 0 Å². The summed E-state index contributed by atoms with van der Waals surface area (Å²) in [5, 5.41) is 17.5. The quantitative estimate of drug-likeness (QED) is 0.803. The van der Waals surface area contributed by atoms with E-state index in [9.17, 15) is 0 Å². The number of aliphatic hydroxyl groups is 2. The van der Waals surface area contributed by atoms with Crippen LogP contribution >= 0.6 is 22.6 Å². The molecule has 0 aliphatic rings. The van der Waals surface area contributed by atoms with Gasteiger partial charge in [0.15, 0.2) is 0 Å². The smallest absolute Gasteiger partial charge is 0.100 e. The summed E-state index contributed by atoms with van der Waals surface area (Å²) in [5.41, 5.74) is 1.07. The average Bonchev–Trinajstić information content (AvgIpc) is 2.21. The van der Waals surface area contributed by atoms with Crippen molar-refractivity contribution < 1.29 is 14.9 Å². The predicted molar refractivity (Wildman–Crippen MR) is 61.9 cm³/mol. The molecule has 0 amide bonds. The molecule has 0 radical (unpaired) electrons. The Balaban J connectivity index is 2.28. The van der Waals surface area contributed by atoms with Crippen molar-refractivity contribution in [2.45, 2.75) is 12.7 Å². The van der Waals surface area contributed by atoms with Gasteiger partial charge in [0, 0.05) is 3.57 Å². The van der Waals surface area contributed by atoms with E-state index in [2.05, 4.69) is 22.6 Å². The maximum atomic E-state index is 9.00. The van der Waals surface area contributed by atoms with E-state index >= 15 is 0 Å². The number of aliphatic hydroxyl groups excluding tert-OH is 2. The van der Waals surface area contributed by atoms with Crippen LogP contribution in [0.5, 0.6) is 0 Å². The Morgan fingerprint density at radius 1 is 1.29 bits per heavy atom. The SMILES string of the molecule is OCC(O)COCc1ccc(I)cc1. The molecule has 1 rings (SSSR count). The lowest BCUT2D eigenvalue weighted by Gasteiger charge is -2.08. The maximum absolute atomic E-state index is 9.00. The minimum atomic E-state index is -0.779. The topological polar surface area (TPSA) is 49.7 Å². The van der Waals surface area contributed by atoms with Gasteiger partial charge in [-0.15, -0.1) is 0 Å². The molecule has 1 atom stereocenters. The predicted octanol–water partition coefficient (Wildman–Crippen LogP) is 1.16. The fourth-order valence-corrected chi connectivity index (χ4v) is 1.31. The van der Waals surface area contributed by atoms with E-state index in [-0.39, 0.29) is 13.2 Å². The van der Waals surface area contributed by atoms with E-state index in [1.54, 1.807) is 0 Å². The van der Waals surface area contributed by atoms with Crippen LogP contribution in [0.1, 0.15) is 5.56 Å². The van der Waals surface area contributed by atoms with Crippen molar-refractivity contribution in [3.8, 4) is 0 Å². The molecule has 78 valence electrons. The van der Waals surface area contributed by atoms with Crippen LogP contribution in [0, 0.1) is 3.57 Å². The number of hydrogen-bond donors (Lipinski definition) is 2. The molecule has 1 unspecified atom stereocenters. The Labute approximate surface area is 96.9 Å². The highest BCUT2D eigenvalue weighted by Crippen LogP contribution is 2.07. The van der Waals surface area contributed by atoms with Gasteiger partial charge in [-0.2, -0.15) is 0 Å². The monoisotopic (exact) mass is 308 g/mol. The molecule has 0 aliphatic heterocycles. The molecule has 3 nitrogen and oxygen atoms in total. The number of benzene rings is 1. The summed E-state index contributed by atoms with van der Waals surface area (Å²) in [5.74, 6) is 0. The molecule has 0 aromatic heterocycles. The zero-order chi connectivity index (χ0) is 10.4. The van der Waals surface area contributed by atoms with Crippen LogP contribution in [0.15, 0.2) is 24.3 Å². The summed E-state index contributed by atoms with van der Waals surface area (Å²) in [7, 11) is 0. The average molecular weight is 308 g/mol. The summed E-state index contributed by atoms with van der Waals surface area (Å²) >= 11 is 2.24. The molecule has 1 aromatic rings. The Kier molecular flexibility index (Phi) is 5.39. The molecule has 0 bridgehead atoms. The molecule has 0 fully saturated rings. The lowest BCUT2D eigenvalue weighted by atomic mass is 10.2. The second-order valence-corrected chi connectivity index (χ2v) is 4.22. The largest absolute Gasteiger partial charge is 0.394 e. The van der Waals surface area contributed by atoms with Crippen LogP contribution in [0.3, 0.4) is 0 Å². The van der Waals surface area contributed by atoms with E-state index in [0.29, 0.717) is 6.61 Å². The fraction of sp³-hybridized carbons (Fsp3) is 0.400. The third kappa shape index (κ3) is 4.36. The Morgan fingerprint density at radius 3 is 2.50 bits per heavy atom. The first-order chi connectivity index (χ1) is 6.72. The van der Waals surface area contributed by atoms with Gasteiger partial charge in [0.05, 0.1) is 19.8 Å². The molecule has 0 aliphatic carbocycles. The fourth-order valence-electron chi connectivity index (χ4n) is 0.946. The van der Waals surface area contributed by atoms with Crippen molar-refractivity contribution in [3.05, 3.63) is 33.4 Å². The van der Waals surface area contributed by atoms with Crippen LogP contribution in [-0.2, 0) is 11.3 Å². The van der Waals surface area contributed by atoms with Gasteiger partial charge in [-0.3, -0.25) is 0 Å². The molecule has 1 aromatic carbocycles. The minimum Gasteiger partial charge on any atom is -0.394 e. The normalized spacial score (nSPS) is 12.8. The van der Waals surface area contributed by atoms with Gasteiger partial charge in [0.1, 0.15) is 6.10 Å². The molecule has 0 saturated heterocycles. The van der Waals surface area contributed by atoms with Crippen molar-refractivity contribution in [2.75, 3.05) is 13.2 Å². The molecule has 14 heavy (non-hydrogen) atoms. The van der Waals surface area contributed by atoms with E-state index < -0.39 is 6.10 Å². The summed E-state index contributed by atoms with van der Waals surface area (Å²) in [6.07, 6.45) is -0.779. The Bertz CT molecular complexity index is 261. The van der Waals surface area contributed by atoms with Gasteiger partial charge in [0.25, 0.3) is 0 Å². The third-order valence-electron chi connectivity index (χ3n) is 1.70. The van der Waals surface area contributed by atoms with Crippen LogP contribution in [0.4, 0.5) is 0 Å². The van der Waals surface area contributed by atoms with Gasteiger partial charge in [-0.1, -0.05) is 12.1 Å². The molecular weight excluding hydrogens is 295 g/mol. The zero-order valence-corrected chi connectivity index (χ0v) is 9.85. The van der Waals surface area contributed by atoms with Crippen molar-refractivity contribution in [2.24, 2.45) is 0 Å². The summed E-state index contributed by atoms with van der Waals surface area (Å²) in [6.45, 7) is 0.378. The molecular formula is C10H13IO3. The number of rotatable bonds is 5. The highest BCUT2D eigenvalue weighted by atomic mass is 127. The lowest BCUT2D eigenvalue weighted by molar-refractivity contribution is 0.0000224. The molecule has 4 heteroatoms. The number of ether oxygens (including phenoxy) is 1. The van der Waals surface area contributed by atoms with Crippen molar-refractivity contribution in [1.29, 1.82) is 0 Å². The van der Waals surface area contributed by atoms with Gasteiger partial charge >= 0.3 is 0 Å². The highest BCUT2D eigenvalue weighted by molar-refractivity contribution is 14.1. The first kappa shape index (κ1) is 11.9. The summed E-state index contributed by atoms with van der Waals surface area (Å²) in [4.78, 5) is 0. The van der Waals surface area contributed by atoms with Crippen LogP contribution in [0.25, 0.3) is 0 Å². The zero-order valence-electron chi connectivity index (χ0n) is 7.69. The van der Waals surface area contributed by atoms with E-state index in [1.165, 1.54) is 3.57 Å². The molecule has 0 spiro atoms. The van der Waals surface area contributed by atoms with Crippen molar-refractivity contribution in [3.63, 3.8) is 0 Å². The van der Waals surface area contributed by atoms with E-state index in [0.717, 1.165) is 5.56 Å². The van der Waals surface area contributed by atoms with Gasteiger partial charge in [-0.05, 0) is 40.3 Å². The van der Waals surface area contributed by atoms with Crippen LogP contribution in [0.2, 0.25) is 0 Å². The maximum Gasteiger partial charge on any atom is 0.100 e. The van der Waals surface area contributed by atoms with Gasteiger partial charge < -0.3 is 14.9 Å². The third-order valence-corrected chi connectivity index (χ3v) is 2.42. The summed E-state index contributed by atoms with van der Waals surface area (Å²) in [6, 6.07) is 7.96. The van der Waals surface area contributed by atoms with E-state index in [1.807, 2.05) is 24.3 Å². The number of halogens is 1. The Hall–Kier alpha value is -0.170. The van der Waals surface area contributed by atoms with Crippen LogP contribution in [-0.4, -0.2) is 29.5 Å². The first-order valence-electron chi connectivity index (χ1n) is 4.33. The minimum absolute atomic E-state index is 0.169. The van der Waals surface area contributed by atoms with Gasteiger partial charge in [-0.25, -0.2) is 0 Å². The van der Waals surface area contributed by atoms with E-state index in [4.69, 9.17) is 14.9 Å². The lowest BCUT2D eigenvalue weighted by Crippen LogP contribution is -2.19. The highest BCUT2D eigenvalue weighted by Gasteiger charge is 2.01. The molecule has 2 N–H and O–H groups in total. The molecule has 0 heterocycles. The van der Waals surface area contributed by atoms with Crippen molar-refractivity contribution >= 4 is 22.6 Å². The number of hydrogen-bond acceptors (Lipinski definition) is 3. The second-order valence-electron chi connectivity index (χ2n) is 2.98. The first-order valence-corrected chi connectivity index (χ1v) is 5.41. The molecule has 0 saturated carbocycles.